The minimum atomic E-state index is -0.676. The second-order valence-electron chi connectivity index (χ2n) is 7.81. The Hall–Kier alpha value is -2.45. The van der Waals surface area contributed by atoms with E-state index in [1.165, 1.54) is 4.90 Å². The number of aromatic nitrogens is 1. The molecule has 0 saturated carbocycles. The number of fused-ring (bicyclic) bond motifs is 1. The highest BCUT2D eigenvalue weighted by Crippen LogP contribution is 2.26. The number of amides is 2. The third kappa shape index (κ3) is 6.01. The van der Waals surface area contributed by atoms with Gasteiger partial charge in [0.1, 0.15) is 16.4 Å². The van der Waals surface area contributed by atoms with E-state index < -0.39 is 11.7 Å². The van der Waals surface area contributed by atoms with Crippen molar-refractivity contribution in [2.75, 3.05) is 19.7 Å². The van der Waals surface area contributed by atoms with Crippen LogP contribution in [0.25, 0.3) is 0 Å². The molecule has 1 aromatic heterocycles. The van der Waals surface area contributed by atoms with Gasteiger partial charge >= 0.3 is 6.09 Å². The fourth-order valence-electron chi connectivity index (χ4n) is 2.97. The van der Waals surface area contributed by atoms with Gasteiger partial charge in [-0.1, -0.05) is 0 Å². The van der Waals surface area contributed by atoms with Crippen molar-refractivity contribution in [3.8, 4) is 5.75 Å². The molecule has 0 fully saturated rings. The van der Waals surface area contributed by atoms with Crippen LogP contribution in [0.5, 0.6) is 5.75 Å². The Balaban J connectivity index is 1.63. The van der Waals surface area contributed by atoms with E-state index in [9.17, 15) is 9.59 Å². The summed E-state index contributed by atoms with van der Waals surface area (Å²) in [5, 5.41) is 6.22. The van der Waals surface area contributed by atoms with Crippen molar-refractivity contribution >= 4 is 23.3 Å². The van der Waals surface area contributed by atoms with Crippen LogP contribution in [0, 0.1) is 0 Å². The highest BCUT2D eigenvalue weighted by molar-refractivity contribution is 7.09. The molecule has 8 heteroatoms. The quantitative estimate of drug-likeness (QED) is 0.693. The van der Waals surface area contributed by atoms with E-state index in [4.69, 9.17) is 9.47 Å². The smallest absolute Gasteiger partial charge is 0.417 e. The number of benzene rings is 1. The predicted octanol–water partition coefficient (Wildman–Crippen LogP) is 3.64. The van der Waals surface area contributed by atoms with Gasteiger partial charge in [-0.15, -0.1) is 11.3 Å². The molecule has 0 unspecified atom stereocenters. The van der Waals surface area contributed by atoms with Gasteiger partial charge in [-0.05, 0) is 57.5 Å². The number of hydrogen-bond donors (Lipinski definition) is 1. The van der Waals surface area contributed by atoms with Gasteiger partial charge in [0.05, 0.1) is 6.61 Å². The largest absolute Gasteiger partial charge is 0.493 e. The predicted molar refractivity (Wildman–Crippen MR) is 111 cm³/mol. The molecule has 2 amide bonds. The Labute approximate surface area is 175 Å². The van der Waals surface area contributed by atoms with Crippen molar-refractivity contribution in [3.05, 3.63) is 45.9 Å². The monoisotopic (exact) mass is 417 g/mol. The molecule has 156 valence electrons. The number of imide groups is 1. The molecule has 1 aliphatic heterocycles. The molecule has 2 aromatic rings. The van der Waals surface area contributed by atoms with Gasteiger partial charge in [-0.25, -0.2) is 14.7 Å². The van der Waals surface area contributed by atoms with Gasteiger partial charge in [0.25, 0.3) is 5.91 Å². The summed E-state index contributed by atoms with van der Waals surface area (Å²) in [7, 11) is 0. The van der Waals surface area contributed by atoms with Crippen LogP contribution in [0.2, 0.25) is 0 Å². The molecule has 2 heterocycles. The van der Waals surface area contributed by atoms with E-state index >= 15 is 0 Å². The molecule has 0 atom stereocenters. The zero-order chi connectivity index (χ0) is 20.9. The van der Waals surface area contributed by atoms with Crippen LogP contribution in [0.4, 0.5) is 4.79 Å². The second kappa shape index (κ2) is 9.37. The molecule has 0 aliphatic carbocycles. The molecule has 0 bridgehead atoms. The molecule has 29 heavy (non-hydrogen) atoms. The average Bonchev–Trinajstić information content (AvgIpc) is 3.33. The normalized spacial score (nSPS) is 12.9. The summed E-state index contributed by atoms with van der Waals surface area (Å²) in [6.45, 7) is 7.58. The van der Waals surface area contributed by atoms with E-state index in [1.807, 2.05) is 11.4 Å². The van der Waals surface area contributed by atoms with Crippen molar-refractivity contribution in [1.29, 1.82) is 0 Å². The first-order valence-electron chi connectivity index (χ1n) is 9.73. The first-order chi connectivity index (χ1) is 13.8. The molecule has 3 rings (SSSR count). The summed E-state index contributed by atoms with van der Waals surface area (Å²) in [5.41, 5.74) is 0.783. The van der Waals surface area contributed by atoms with E-state index in [-0.39, 0.29) is 12.5 Å². The minimum Gasteiger partial charge on any atom is -0.493 e. The van der Waals surface area contributed by atoms with Crippen molar-refractivity contribution < 1.29 is 19.1 Å². The van der Waals surface area contributed by atoms with Gasteiger partial charge in [-0.3, -0.25) is 4.79 Å². The van der Waals surface area contributed by atoms with Gasteiger partial charge in [0.2, 0.25) is 0 Å². The van der Waals surface area contributed by atoms with Crippen molar-refractivity contribution in [2.24, 2.45) is 0 Å². The number of ether oxygens (including phenoxy) is 2. The number of rotatable bonds is 7. The maximum Gasteiger partial charge on any atom is 0.417 e. The van der Waals surface area contributed by atoms with E-state index in [1.54, 1.807) is 50.4 Å². The van der Waals surface area contributed by atoms with E-state index in [0.717, 1.165) is 22.7 Å². The number of carbonyl (C=O) groups is 2. The Morgan fingerprint density at radius 1 is 1.34 bits per heavy atom. The van der Waals surface area contributed by atoms with Crippen LogP contribution in [0.15, 0.2) is 29.8 Å². The van der Waals surface area contributed by atoms with Crippen molar-refractivity contribution in [2.45, 2.75) is 45.8 Å². The second-order valence-corrected chi connectivity index (χ2v) is 8.79. The van der Waals surface area contributed by atoms with Crippen LogP contribution in [-0.2, 0) is 17.7 Å². The Morgan fingerprint density at radius 3 is 2.90 bits per heavy atom. The summed E-state index contributed by atoms with van der Waals surface area (Å²) < 4.78 is 11.0. The molecule has 0 spiro atoms. The van der Waals surface area contributed by atoms with Crippen LogP contribution in [-0.4, -0.2) is 47.2 Å². The van der Waals surface area contributed by atoms with Crippen LogP contribution in [0.3, 0.4) is 0 Å². The number of hydrogen-bond acceptors (Lipinski definition) is 7. The molecule has 0 radical (unpaired) electrons. The Bertz CT molecular complexity index is 846. The van der Waals surface area contributed by atoms with E-state index in [0.29, 0.717) is 31.7 Å². The van der Waals surface area contributed by atoms with E-state index in [2.05, 4.69) is 10.3 Å². The fraction of sp³-hybridized carbons (Fsp3) is 0.476. The molecule has 0 saturated heterocycles. The lowest BCUT2D eigenvalue weighted by Crippen LogP contribution is -2.42. The van der Waals surface area contributed by atoms with Crippen LogP contribution in [0.1, 0.15) is 48.1 Å². The first-order valence-corrected chi connectivity index (χ1v) is 10.6. The standard InChI is InChI=1S/C21H27N3O4S/c1-21(2,3)28-20(26)24(10-4-8-22-14-18-23-9-12-29-18)19(25)16-5-6-17-15(13-16)7-11-27-17/h5-6,9,12-13,22H,4,7-8,10-11,14H2,1-3H3. The summed E-state index contributed by atoms with van der Waals surface area (Å²) in [6, 6.07) is 5.30. The fourth-order valence-corrected chi connectivity index (χ4v) is 3.55. The topological polar surface area (TPSA) is 80.8 Å². The third-order valence-electron chi connectivity index (χ3n) is 4.29. The van der Waals surface area contributed by atoms with Crippen molar-refractivity contribution in [1.82, 2.24) is 15.2 Å². The number of thiazole rings is 1. The maximum atomic E-state index is 13.1. The molecular weight excluding hydrogens is 390 g/mol. The average molecular weight is 418 g/mol. The zero-order valence-corrected chi connectivity index (χ0v) is 17.9. The summed E-state index contributed by atoms with van der Waals surface area (Å²) in [6.07, 6.45) is 2.53. The van der Waals surface area contributed by atoms with Gasteiger partial charge < -0.3 is 14.8 Å². The molecular formula is C21H27N3O4S. The van der Waals surface area contributed by atoms with Crippen LogP contribution >= 0.6 is 11.3 Å². The first kappa shape index (κ1) is 21.3. The number of carbonyl (C=O) groups excluding carboxylic acids is 2. The Kier molecular flexibility index (Phi) is 6.87. The number of nitrogens with one attached hydrogen (secondary N) is 1. The lowest BCUT2D eigenvalue weighted by molar-refractivity contribution is 0.0239. The highest BCUT2D eigenvalue weighted by atomic mass is 32.1. The summed E-state index contributed by atoms with van der Waals surface area (Å²) >= 11 is 1.59. The summed E-state index contributed by atoms with van der Waals surface area (Å²) in [4.78, 5) is 31.2. The molecule has 1 aromatic carbocycles. The van der Waals surface area contributed by atoms with Gasteiger partial charge in [0, 0.05) is 36.7 Å². The SMILES string of the molecule is CC(C)(C)OC(=O)N(CCCNCc1nccs1)C(=O)c1ccc2c(c1)CCO2. The lowest BCUT2D eigenvalue weighted by Gasteiger charge is -2.26. The highest BCUT2D eigenvalue weighted by Gasteiger charge is 2.28. The maximum absolute atomic E-state index is 13.1. The molecule has 1 aliphatic rings. The minimum absolute atomic E-state index is 0.270. The lowest BCUT2D eigenvalue weighted by atomic mass is 10.1. The third-order valence-corrected chi connectivity index (χ3v) is 5.07. The van der Waals surface area contributed by atoms with Gasteiger partial charge in [-0.2, -0.15) is 0 Å². The summed E-state index contributed by atoms with van der Waals surface area (Å²) in [5.74, 6) is 0.450. The van der Waals surface area contributed by atoms with Crippen LogP contribution < -0.4 is 10.1 Å². The number of nitrogens with zero attached hydrogens (tertiary/aromatic N) is 2. The molecule has 1 N–H and O–H groups in total. The zero-order valence-electron chi connectivity index (χ0n) is 17.1. The van der Waals surface area contributed by atoms with Crippen molar-refractivity contribution in [3.63, 3.8) is 0 Å². The Morgan fingerprint density at radius 2 is 2.17 bits per heavy atom. The van der Waals surface area contributed by atoms with Gasteiger partial charge in [0.15, 0.2) is 0 Å². The molecule has 7 nitrogen and oxygen atoms in total.